The third kappa shape index (κ3) is 59.4. The summed E-state index contributed by atoms with van der Waals surface area (Å²) < 4.78 is 5.49. The minimum absolute atomic E-state index is 0.0153. The third-order valence-electron chi connectivity index (χ3n) is 15.5. The number of aliphatic hydroxyl groups excluding tert-OH is 2. The predicted octanol–water partition coefficient (Wildman–Crippen LogP) is 21.0. The fourth-order valence-corrected chi connectivity index (χ4v) is 10.4. The zero-order chi connectivity index (χ0) is 52.9. The van der Waals surface area contributed by atoms with Gasteiger partial charge in [-0.25, -0.2) is 0 Å². The average Bonchev–Trinajstić information content (AvgIpc) is 3.39. The first-order chi connectivity index (χ1) is 36.0. The van der Waals surface area contributed by atoms with Crippen molar-refractivity contribution in [2.24, 2.45) is 0 Å². The van der Waals surface area contributed by atoms with Crippen LogP contribution in [0.15, 0.2) is 24.3 Å². The van der Waals surface area contributed by atoms with Gasteiger partial charge in [-0.1, -0.05) is 321 Å². The van der Waals surface area contributed by atoms with E-state index in [4.69, 9.17) is 4.74 Å². The van der Waals surface area contributed by atoms with Crippen molar-refractivity contribution in [3.05, 3.63) is 24.3 Å². The Kier molecular flexibility index (Phi) is 61.4. The Morgan fingerprint density at radius 3 is 1.04 bits per heavy atom. The van der Waals surface area contributed by atoms with E-state index in [1.807, 2.05) is 0 Å². The van der Waals surface area contributed by atoms with Crippen molar-refractivity contribution in [3.8, 4) is 0 Å². The highest BCUT2D eigenvalue weighted by Crippen LogP contribution is 2.18. The van der Waals surface area contributed by atoms with Crippen molar-refractivity contribution < 1.29 is 24.5 Å². The lowest BCUT2D eigenvalue weighted by molar-refractivity contribution is -0.143. The van der Waals surface area contributed by atoms with Gasteiger partial charge in [0.05, 0.1) is 25.4 Å². The highest BCUT2D eigenvalue weighted by atomic mass is 16.5. The van der Waals surface area contributed by atoms with E-state index in [1.165, 1.54) is 289 Å². The molecule has 0 radical (unpaired) electrons. The molecule has 6 heteroatoms. The van der Waals surface area contributed by atoms with Crippen LogP contribution in [0, 0.1) is 0 Å². The van der Waals surface area contributed by atoms with Gasteiger partial charge in [0.25, 0.3) is 0 Å². The fourth-order valence-electron chi connectivity index (χ4n) is 10.4. The number of unbranched alkanes of at least 4 members (excludes halogenated alkanes) is 47. The molecule has 432 valence electrons. The minimum atomic E-state index is -0.663. The minimum Gasteiger partial charge on any atom is -0.466 e. The summed E-state index contributed by atoms with van der Waals surface area (Å²) in [6, 6.07) is -0.541. The van der Waals surface area contributed by atoms with Gasteiger partial charge in [-0.15, -0.1) is 0 Å². The second kappa shape index (κ2) is 62.9. The molecule has 6 nitrogen and oxygen atoms in total. The van der Waals surface area contributed by atoms with Crippen LogP contribution in [0.4, 0.5) is 0 Å². The molecule has 0 aromatic carbocycles. The monoisotopic (exact) mass is 1030 g/mol. The highest BCUT2D eigenvalue weighted by molar-refractivity contribution is 5.76. The van der Waals surface area contributed by atoms with Crippen molar-refractivity contribution in [3.63, 3.8) is 0 Å². The van der Waals surface area contributed by atoms with Crippen LogP contribution in [-0.4, -0.2) is 47.4 Å². The summed E-state index contributed by atoms with van der Waals surface area (Å²) in [4.78, 5) is 24.5. The van der Waals surface area contributed by atoms with Crippen LogP contribution in [0.25, 0.3) is 0 Å². The number of nitrogens with one attached hydrogen (secondary N) is 1. The van der Waals surface area contributed by atoms with Gasteiger partial charge >= 0.3 is 5.97 Å². The van der Waals surface area contributed by atoms with Crippen LogP contribution in [0.1, 0.15) is 367 Å². The Labute approximate surface area is 456 Å². The topological polar surface area (TPSA) is 95.9 Å². The van der Waals surface area contributed by atoms with Crippen LogP contribution >= 0.6 is 0 Å². The summed E-state index contributed by atoms with van der Waals surface area (Å²) in [6.45, 7) is 4.97. The zero-order valence-corrected chi connectivity index (χ0v) is 49.4. The van der Waals surface area contributed by atoms with Gasteiger partial charge in [-0.3, -0.25) is 9.59 Å². The van der Waals surface area contributed by atoms with Gasteiger partial charge < -0.3 is 20.3 Å². The molecule has 0 rings (SSSR count). The number of carbonyl (C=O) groups is 2. The van der Waals surface area contributed by atoms with E-state index in [0.29, 0.717) is 25.9 Å². The zero-order valence-electron chi connectivity index (χ0n) is 49.4. The molecule has 0 heterocycles. The lowest BCUT2D eigenvalue weighted by Gasteiger charge is -2.22. The quantitative estimate of drug-likeness (QED) is 0.0320. The Morgan fingerprint density at radius 1 is 0.384 bits per heavy atom. The summed E-state index contributed by atoms with van der Waals surface area (Å²) in [7, 11) is 0. The predicted molar refractivity (Wildman–Crippen MR) is 320 cm³/mol. The number of amides is 1. The Bertz CT molecular complexity index is 1140. The molecular formula is C67H129NO5. The second-order valence-corrected chi connectivity index (χ2v) is 22.8. The van der Waals surface area contributed by atoms with Gasteiger partial charge in [-0.2, -0.15) is 0 Å². The van der Waals surface area contributed by atoms with E-state index in [9.17, 15) is 19.8 Å². The molecule has 0 fully saturated rings. The van der Waals surface area contributed by atoms with E-state index in [0.717, 1.165) is 44.9 Å². The molecule has 0 saturated carbocycles. The molecule has 0 aliphatic carbocycles. The van der Waals surface area contributed by atoms with Crippen LogP contribution in [0.3, 0.4) is 0 Å². The van der Waals surface area contributed by atoms with Gasteiger partial charge in [0.15, 0.2) is 0 Å². The number of aliphatic hydroxyl groups is 2. The number of rotatable bonds is 62. The summed E-state index contributed by atoms with van der Waals surface area (Å²) in [5.74, 6) is -0.0196. The number of esters is 1. The third-order valence-corrected chi connectivity index (χ3v) is 15.5. The number of ether oxygens (including phenoxy) is 1. The van der Waals surface area contributed by atoms with E-state index in [-0.39, 0.29) is 18.5 Å². The summed E-state index contributed by atoms with van der Waals surface area (Å²) >= 11 is 0. The van der Waals surface area contributed by atoms with Crippen molar-refractivity contribution in [2.45, 2.75) is 379 Å². The van der Waals surface area contributed by atoms with E-state index >= 15 is 0 Å². The van der Waals surface area contributed by atoms with Crippen molar-refractivity contribution in [1.29, 1.82) is 0 Å². The van der Waals surface area contributed by atoms with E-state index in [2.05, 4.69) is 43.5 Å². The summed E-state index contributed by atoms with van der Waals surface area (Å²) in [5.41, 5.74) is 0. The van der Waals surface area contributed by atoms with Gasteiger partial charge in [0, 0.05) is 12.8 Å². The highest BCUT2D eigenvalue weighted by Gasteiger charge is 2.20. The van der Waals surface area contributed by atoms with E-state index in [1.54, 1.807) is 0 Å². The molecular weight excluding hydrogens is 899 g/mol. The van der Waals surface area contributed by atoms with Gasteiger partial charge in [-0.05, 0) is 57.8 Å². The normalized spacial score (nSPS) is 12.7. The van der Waals surface area contributed by atoms with E-state index < -0.39 is 12.1 Å². The number of carbonyl (C=O) groups excluding carboxylic acids is 2. The molecule has 1 amide bonds. The van der Waals surface area contributed by atoms with Crippen molar-refractivity contribution >= 4 is 11.9 Å². The van der Waals surface area contributed by atoms with Crippen LogP contribution in [0.2, 0.25) is 0 Å². The van der Waals surface area contributed by atoms with Crippen LogP contribution < -0.4 is 5.32 Å². The van der Waals surface area contributed by atoms with Gasteiger partial charge in [0.1, 0.15) is 0 Å². The number of hydrogen-bond acceptors (Lipinski definition) is 5. The lowest BCUT2D eigenvalue weighted by atomic mass is 10.0. The molecule has 0 spiro atoms. The van der Waals surface area contributed by atoms with Crippen molar-refractivity contribution in [1.82, 2.24) is 5.32 Å². The van der Waals surface area contributed by atoms with Gasteiger partial charge in [0.2, 0.25) is 5.91 Å². The largest absolute Gasteiger partial charge is 0.466 e. The maximum Gasteiger partial charge on any atom is 0.305 e. The SMILES string of the molecule is CCCCCCCCCCCCCCCCCC(=O)OCCCCCCCCCCC/C=C\C/C=C\CCCCCCCCCCCCCCCC(=O)NC(CO)C(O)CCCCCCCCCCCCCC. The lowest BCUT2D eigenvalue weighted by Crippen LogP contribution is -2.45. The fraction of sp³-hybridized carbons (Fsp3) is 0.910. The first-order valence-corrected chi connectivity index (χ1v) is 33.1. The summed E-state index contributed by atoms with van der Waals surface area (Å²) in [6.07, 6.45) is 77.8. The first kappa shape index (κ1) is 71.3. The Morgan fingerprint density at radius 2 is 0.685 bits per heavy atom. The standard InChI is InChI=1S/C67H129NO5/c1-3-5-7-9-11-13-15-17-33-37-41-45-49-53-57-61-67(72)73-62-58-54-50-46-42-38-35-32-30-28-26-24-22-20-18-19-21-23-25-27-29-31-34-36-40-44-48-52-56-60-66(71)68-64(63-69)65(70)59-55-51-47-43-39-16-14-12-10-8-6-4-2/h18,20,24,26,64-65,69-70H,3-17,19,21-23,25,27-63H2,1-2H3,(H,68,71)/b20-18-,26-24-. The molecule has 73 heavy (non-hydrogen) atoms. The van der Waals surface area contributed by atoms with Crippen LogP contribution in [-0.2, 0) is 14.3 Å². The molecule has 2 atom stereocenters. The van der Waals surface area contributed by atoms with Crippen molar-refractivity contribution in [2.75, 3.05) is 13.2 Å². The van der Waals surface area contributed by atoms with Crippen LogP contribution in [0.5, 0.6) is 0 Å². The maximum absolute atomic E-state index is 12.5. The first-order valence-electron chi connectivity index (χ1n) is 33.1. The Balaban J connectivity index is 3.38. The number of hydrogen-bond donors (Lipinski definition) is 3. The molecule has 0 aromatic rings. The maximum atomic E-state index is 12.5. The molecule has 0 saturated heterocycles. The average molecular weight is 1030 g/mol. The number of allylic oxidation sites excluding steroid dienone is 4. The molecule has 0 aliphatic rings. The Hall–Kier alpha value is -1.66. The second-order valence-electron chi connectivity index (χ2n) is 22.8. The molecule has 3 N–H and O–H groups in total. The summed E-state index contributed by atoms with van der Waals surface area (Å²) in [5, 5.41) is 23.2. The smallest absolute Gasteiger partial charge is 0.305 e. The molecule has 2 unspecified atom stereocenters. The molecule has 0 aromatic heterocycles. The molecule has 0 aliphatic heterocycles. The molecule has 0 bridgehead atoms.